The van der Waals surface area contributed by atoms with E-state index in [-0.39, 0.29) is 17.1 Å². The van der Waals surface area contributed by atoms with Crippen molar-refractivity contribution >= 4 is 5.11 Å². The van der Waals surface area contributed by atoms with Crippen molar-refractivity contribution in [3.8, 4) is 0 Å². The molecule has 0 spiro atoms. The van der Waals surface area contributed by atoms with Crippen LogP contribution in [0.4, 0.5) is 0 Å². The van der Waals surface area contributed by atoms with Gasteiger partial charge in [-0.3, -0.25) is 0 Å². The molecule has 134 valence electrons. The molecule has 0 aromatic rings. The van der Waals surface area contributed by atoms with E-state index in [2.05, 4.69) is 58.5 Å². The zero-order valence-corrected chi connectivity index (χ0v) is 16.3. The molecule has 0 saturated heterocycles. The molecular formula is C20H20FeMnO3-. The van der Waals surface area contributed by atoms with Crippen LogP contribution in [0.15, 0.2) is 0 Å². The molecule has 3 saturated carbocycles. The van der Waals surface area contributed by atoms with Gasteiger partial charge in [-0.2, -0.15) is 0 Å². The zero-order chi connectivity index (χ0) is 18.9. The second-order valence-electron chi connectivity index (χ2n) is 3.67. The van der Waals surface area contributed by atoms with E-state index in [0.717, 1.165) is 0 Å². The van der Waals surface area contributed by atoms with Crippen molar-refractivity contribution in [2.75, 3.05) is 7.11 Å². The second kappa shape index (κ2) is 35.5. The van der Waals surface area contributed by atoms with Crippen molar-refractivity contribution in [2.24, 2.45) is 0 Å². The van der Waals surface area contributed by atoms with E-state index in [0.29, 0.717) is 0 Å². The average Bonchev–Trinajstić information content (AvgIpc) is 3.44. The van der Waals surface area contributed by atoms with Gasteiger partial charge in [0.1, 0.15) is 0 Å². The summed E-state index contributed by atoms with van der Waals surface area (Å²) in [6.07, 6.45) is 28.2. The first-order valence-corrected chi connectivity index (χ1v) is 7.21. The Morgan fingerprint density at radius 3 is 1.00 bits per heavy atom. The van der Waals surface area contributed by atoms with Crippen LogP contribution in [0.2, 0.25) is 0 Å². The minimum Gasteiger partial charge on any atom is -0.0312 e. The summed E-state index contributed by atoms with van der Waals surface area (Å²) in [6.45, 7) is 11.1. The van der Waals surface area contributed by atoms with Gasteiger partial charge in [0.2, 0.25) is 0 Å². The molecule has 0 aliphatic heterocycles. The Morgan fingerprint density at radius 1 is 0.720 bits per heavy atom. The predicted octanol–water partition coefficient (Wildman–Crippen LogP) is 3.19. The molecule has 0 aromatic heterocycles. The van der Waals surface area contributed by atoms with Gasteiger partial charge in [-0.15, -0.1) is 0 Å². The van der Waals surface area contributed by atoms with Gasteiger partial charge < -0.3 is 0 Å². The van der Waals surface area contributed by atoms with Crippen LogP contribution in [0.25, 0.3) is 0 Å². The van der Waals surface area contributed by atoms with Gasteiger partial charge in [0.05, 0.1) is 0 Å². The van der Waals surface area contributed by atoms with Crippen molar-refractivity contribution in [1.29, 1.82) is 0 Å². The number of hydrogen-bond donors (Lipinski definition) is 0. The molecule has 0 bridgehead atoms. The van der Waals surface area contributed by atoms with E-state index >= 15 is 0 Å². The average molecular weight is 419 g/mol. The van der Waals surface area contributed by atoms with Crippen molar-refractivity contribution in [1.82, 2.24) is 0 Å². The molecule has 5 heteroatoms. The fourth-order valence-electron chi connectivity index (χ4n) is 1.11. The Hall–Kier alpha value is 0.349. The molecule has 0 unspecified atom stereocenters. The minimum atomic E-state index is 0. The molecule has 3 aliphatic rings. The number of rotatable bonds is 1. The zero-order valence-electron chi connectivity index (χ0n) is 14.0. The number of methoxy groups -OCH3 is 1. The molecule has 25 heavy (non-hydrogen) atoms. The molecule has 0 aromatic carbocycles. The first kappa shape index (κ1) is 33.0. The molecule has 3 fully saturated rings. The molecule has 0 amide bonds. The maximum absolute atomic E-state index is 7.50. The van der Waals surface area contributed by atoms with Gasteiger partial charge in [-0.25, -0.2) is 0 Å². The Bertz CT molecular complexity index is 225. The van der Waals surface area contributed by atoms with Gasteiger partial charge >= 0.3 is 55.1 Å². The van der Waals surface area contributed by atoms with Crippen molar-refractivity contribution in [2.45, 2.75) is 6.92 Å². The summed E-state index contributed by atoms with van der Waals surface area (Å²) in [4.78, 5) is 0. The van der Waals surface area contributed by atoms with Crippen molar-refractivity contribution in [3.63, 3.8) is 0 Å². The molecule has 3 nitrogen and oxygen atoms in total. The van der Waals surface area contributed by atoms with Crippen LogP contribution in [0.5, 0.6) is 0 Å². The first-order valence-electron chi connectivity index (χ1n) is 6.62. The Morgan fingerprint density at radius 2 is 0.920 bits per heavy atom. The molecule has 0 N–H and O–H groups in total. The van der Waals surface area contributed by atoms with Crippen LogP contribution < -0.4 is 0 Å². The van der Waals surface area contributed by atoms with E-state index in [1.807, 2.05) is 77.0 Å². The molecule has 15 radical (unpaired) electrons. The summed E-state index contributed by atoms with van der Waals surface area (Å²) in [5.41, 5.74) is 0. The predicted molar refractivity (Wildman–Crippen MR) is 89.0 cm³/mol. The second-order valence-corrected chi connectivity index (χ2v) is 3.91. The Kier molecular flexibility index (Phi) is 46.8. The van der Waals surface area contributed by atoms with E-state index in [4.69, 9.17) is 9.30 Å². The largest absolute Gasteiger partial charge is 0.0312 e. The van der Waals surface area contributed by atoms with E-state index in [1.54, 1.807) is 0 Å². The van der Waals surface area contributed by atoms with Gasteiger partial charge in [-0.1, -0.05) is 6.92 Å². The topological polar surface area (TPSA) is 49.0 Å². The van der Waals surface area contributed by atoms with E-state index in [9.17, 15) is 0 Å². The van der Waals surface area contributed by atoms with Crippen LogP contribution in [-0.2, 0) is 46.7 Å². The van der Waals surface area contributed by atoms with E-state index < -0.39 is 0 Å². The van der Waals surface area contributed by atoms with Crippen LogP contribution in [0.3, 0.4) is 0 Å². The summed E-state index contributed by atoms with van der Waals surface area (Å²) < 4.78 is 19.2. The van der Waals surface area contributed by atoms with Crippen LogP contribution in [0, 0.1) is 109 Å². The van der Waals surface area contributed by atoms with Crippen LogP contribution in [0.1, 0.15) is 6.92 Å². The van der Waals surface area contributed by atoms with E-state index in [1.165, 1.54) is 13.0 Å². The van der Waals surface area contributed by atoms with Gasteiger partial charge in [0.15, 0.2) is 0 Å². The van der Waals surface area contributed by atoms with Crippen LogP contribution in [-0.4, -0.2) is 12.2 Å². The third-order valence-electron chi connectivity index (χ3n) is 2.02. The number of hydrogen-bond acceptors (Lipinski definition) is 1. The maximum Gasteiger partial charge on any atom is 0 e. The third kappa shape index (κ3) is 36.1. The van der Waals surface area contributed by atoms with Crippen LogP contribution >= 0.6 is 0 Å². The molecule has 0 atom stereocenters. The fraction of sp³-hybridized carbons (Fsp3) is 0.100. The first-order chi connectivity index (χ1) is 11.8. The molecule has 3 aliphatic carbocycles. The SMILES string of the molecule is CO[C-]=[Mn].C[C]1[CH][CH][CH][CH]1.[C-]#[O+].[C-]#[O+].[CH]1[CH][CH][CH][CH]1.[CH]1[CH][CH][CH][CH]1.[Fe]. The molecular weight excluding hydrogens is 399 g/mol. The standard InChI is InChI=1S/C6H7.2C5H5.C2H3O.2CO.Fe.Mn/c1-6-4-2-3-5-6;2*1-2-4-5-3-1;1-3-2;2*1-2;;/h2-5H,1H3;2*1-5H;1H3;;;;/q;;;-1;;;;. The van der Waals surface area contributed by atoms with Gasteiger partial charge in [0, 0.05) is 17.1 Å². The molecule has 3 rings (SSSR count). The Balaban J connectivity index is -0.000000110. The monoisotopic (exact) mass is 419 g/mol. The maximum atomic E-state index is 7.50. The summed E-state index contributed by atoms with van der Waals surface area (Å²) in [6, 6.07) is 0. The Labute approximate surface area is 174 Å². The smallest absolute Gasteiger partial charge is 0 e. The van der Waals surface area contributed by atoms with Crippen molar-refractivity contribution < 1.29 is 46.7 Å². The third-order valence-corrected chi connectivity index (χ3v) is 2.26. The van der Waals surface area contributed by atoms with Crippen molar-refractivity contribution in [3.05, 3.63) is 109 Å². The summed E-state index contributed by atoms with van der Waals surface area (Å²) in [5.74, 6) is 1.34. The summed E-state index contributed by atoms with van der Waals surface area (Å²) >= 11 is 2.78. The quantitative estimate of drug-likeness (QED) is 0.366. The normalized spacial score (nSPS) is 16.9. The summed E-state index contributed by atoms with van der Waals surface area (Å²) in [7, 11) is 1.52. The summed E-state index contributed by atoms with van der Waals surface area (Å²) in [5, 5.41) is 2.24. The van der Waals surface area contributed by atoms with Gasteiger partial charge in [-0.05, 0) is 95.8 Å². The minimum absolute atomic E-state index is 0. The van der Waals surface area contributed by atoms with Gasteiger partial charge in [0.25, 0.3) is 0 Å². The number of ether oxygens (including phenoxy) is 1. The molecule has 0 heterocycles. The fourth-order valence-corrected chi connectivity index (χ4v) is 1.11.